The highest BCUT2D eigenvalue weighted by atomic mass is 32.2. The fourth-order valence-electron chi connectivity index (χ4n) is 1.48. The third-order valence-corrected chi connectivity index (χ3v) is 4.97. The Morgan fingerprint density at radius 1 is 1.43 bits per heavy atom. The first kappa shape index (κ1) is 9.98. The van der Waals surface area contributed by atoms with Crippen LogP contribution < -0.4 is 0 Å². The Balaban J connectivity index is 2.39. The van der Waals surface area contributed by atoms with Gasteiger partial charge < -0.3 is 4.23 Å². The molecule has 1 aliphatic rings. The van der Waals surface area contributed by atoms with Crippen LogP contribution in [0.1, 0.15) is 5.69 Å². The van der Waals surface area contributed by atoms with Crippen molar-refractivity contribution in [3.63, 3.8) is 0 Å². The minimum atomic E-state index is -1.33. The van der Waals surface area contributed by atoms with Gasteiger partial charge >= 0.3 is 0 Å². The lowest BCUT2D eigenvalue weighted by Crippen LogP contribution is -2.33. The number of hydrogen-bond acceptors (Lipinski definition) is 3. The number of rotatable bonds is 2. The molecular weight excluding hydrogens is 210 g/mol. The summed E-state index contributed by atoms with van der Waals surface area (Å²) in [6, 6.07) is 0. The molecule has 0 fully saturated rings. The molecule has 0 spiro atoms. The highest BCUT2D eigenvalue weighted by Gasteiger charge is 2.22. The van der Waals surface area contributed by atoms with E-state index in [1.54, 1.807) is 0 Å². The van der Waals surface area contributed by atoms with Crippen LogP contribution in [-0.4, -0.2) is 34.8 Å². The predicted molar refractivity (Wildman–Crippen MR) is 64.8 cm³/mol. The van der Waals surface area contributed by atoms with Gasteiger partial charge in [0.15, 0.2) is 8.24 Å². The molecule has 2 rings (SSSR count). The van der Waals surface area contributed by atoms with E-state index in [9.17, 15) is 0 Å². The molecule has 14 heavy (non-hydrogen) atoms. The van der Waals surface area contributed by atoms with Crippen LogP contribution in [0.4, 0.5) is 0 Å². The quantitative estimate of drug-likeness (QED) is 0.721. The topological polar surface area (TPSA) is 30.2 Å². The molecule has 0 saturated heterocycles. The molecule has 0 radical (unpaired) electrons. The van der Waals surface area contributed by atoms with Crippen molar-refractivity contribution >= 4 is 25.0 Å². The van der Waals surface area contributed by atoms with E-state index < -0.39 is 8.24 Å². The van der Waals surface area contributed by atoms with Gasteiger partial charge in [0, 0.05) is 12.3 Å². The van der Waals surface area contributed by atoms with Crippen molar-refractivity contribution in [3.05, 3.63) is 18.2 Å². The Kier molecular flexibility index (Phi) is 2.53. The Bertz CT molecular complexity index is 364. The summed E-state index contributed by atoms with van der Waals surface area (Å²) in [4.78, 5) is 8.73. The van der Waals surface area contributed by atoms with Gasteiger partial charge in [-0.15, -0.1) is 11.8 Å². The molecule has 0 amide bonds. The summed E-state index contributed by atoms with van der Waals surface area (Å²) in [5, 5.41) is 1.17. The molecule has 0 aromatic carbocycles. The maximum Gasteiger partial charge on any atom is 0.154 e. The van der Waals surface area contributed by atoms with Gasteiger partial charge in [-0.25, -0.2) is 4.98 Å². The molecule has 0 atom stereocenters. The van der Waals surface area contributed by atoms with Crippen LogP contribution in [-0.2, 0) is 0 Å². The zero-order valence-corrected chi connectivity index (χ0v) is 10.6. The molecule has 1 aromatic rings. The summed E-state index contributed by atoms with van der Waals surface area (Å²) in [6.07, 6.45) is 3.89. The molecule has 0 N–H and O–H groups in total. The van der Waals surface area contributed by atoms with E-state index in [1.807, 2.05) is 24.3 Å². The van der Waals surface area contributed by atoms with E-state index in [4.69, 9.17) is 0 Å². The van der Waals surface area contributed by atoms with E-state index >= 15 is 0 Å². The molecule has 0 bridgehead atoms. The van der Waals surface area contributed by atoms with Crippen LogP contribution in [0.2, 0.25) is 19.6 Å². The summed E-state index contributed by atoms with van der Waals surface area (Å²) in [6.45, 7) is 7.91. The number of aliphatic imine (C=N–C) groups is 1. The SMILES string of the molecule is C[Si](C)(C)n1cncc1C1=NCCS1. The zero-order chi connectivity index (χ0) is 10.2. The lowest BCUT2D eigenvalue weighted by molar-refractivity contribution is 1.10. The van der Waals surface area contributed by atoms with Gasteiger partial charge in [-0.05, 0) is 0 Å². The largest absolute Gasteiger partial charge is 0.357 e. The minimum absolute atomic E-state index is 0.955. The molecule has 76 valence electrons. The van der Waals surface area contributed by atoms with Crippen LogP contribution in [0, 0.1) is 0 Å². The van der Waals surface area contributed by atoms with Crippen molar-refractivity contribution in [1.82, 2.24) is 9.22 Å². The average molecular weight is 225 g/mol. The fourth-order valence-corrected chi connectivity index (χ4v) is 3.72. The standard InChI is InChI=1S/C9H15N3SSi/c1-14(2,3)12-7-10-6-8(12)9-11-4-5-13-9/h6-7H,4-5H2,1-3H3. The molecule has 1 aliphatic heterocycles. The van der Waals surface area contributed by atoms with Crippen LogP contribution in [0.5, 0.6) is 0 Å². The van der Waals surface area contributed by atoms with Gasteiger partial charge in [0.05, 0.1) is 18.2 Å². The minimum Gasteiger partial charge on any atom is -0.357 e. The van der Waals surface area contributed by atoms with Crippen LogP contribution in [0.25, 0.3) is 0 Å². The maximum absolute atomic E-state index is 4.49. The van der Waals surface area contributed by atoms with Crippen LogP contribution >= 0.6 is 11.8 Å². The molecule has 0 aliphatic carbocycles. The monoisotopic (exact) mass is 225 g/mol. The van der Waals surface area contributed by atoms with Crippen LogP contribution in [0.15, 0.2) is 17.5 Å². The molecule has 5 heteroatoms. The molecular formula is C9H15N3SSi. The smallest absolute Gasteiger partial charge is 0.154 e. The van der Waals surface area contributed by atoms with E-state index in [0.717, 1.165) is 12.3 Å². The number of nitrogens with zero attached hydrogens (tertiary/aromatic N) is 3. The van der Waals surface area contributed by atoms with Crippen LogP contribution in [0.3, 0.4) is 0 Å². The van der Waals surface area contributed by atoms with Gasteiger partial charge in [-0.3, -0.25) is 4.99 Å². The summed E-state index contributed by atoms with van der Waals surface area (Å²) < 4.78 is 2.32. The van der Waals surface area contributed by atoms with Gasteiger partial charge in [0.2, 0.25) is 0 Å². The lowest BCUT2D eigenvalue weighted by atomic mass is 10.5. The normalized spacial score (nSPS) is 17.2. The Morgan fingerprint density at radius 2 is 2.21 bits per heavy atom. The van der Waals surface area contributed by atoms with E-state index in [-0.39, 0.29) is 0 Å². The number of thioether (sulfide) groups is 1. The number of aromatic nitrogens is 2. The molecule has 0 saturated carbocycles. The first-order valence-electron chi connectivity index (χ1n) is 4.79. The van der Waals surface area contributed by atoms with Crippen molar-refractivity contribution in [2.75, 3.05) is 12.3 Å². The second-order valence-corrected chi connectivity index (χ2v) is 10.3. The highest BCUT2D eigenvalue weighted by Crippen LogP contribution is 2.21. The van der Waals surface area contributed by atoms with E-state index in [2.05, 4.69) is 33.9 Å². The fraction of sp³-hybridized carbons (Fsp3) is 0.556. The third-order valence-electron chi connectivity index (χ3n) is 2.17. The van der Waals surface area contributed by atoms with Gasteiger partial charge in [0.25, 0.3) is 0 Å². The van der Waals surface area contributed by atoms with Crippen molar-refractivity contribution < 1.29 is 0 Å². The van der Waals surface area contributed by atoms with Crippen molar-refractivity contribution in [1.29, 1.82) is 0 Å². The highest BCUT2D eigenvalue weighted by molar-refractivity contribution is 8.14. The number of hydrogen-bond donors (Lipinski definition) is 0. The van der Waals surface area contributed by atoms with Crippen molar-refractivity contribution in [2.24, 2.45) is 4.99 Å². The third kappa shape index (κ3) is 1.79. The average Bonchev–Trinajstić information content (AvgIpc) is 2.73. The van der Waals surface area contributed by atoms with Gasteiger partial charge in [0.1, 0.15) is 5.04 Å². The molecule has 1 aromatic heterocycles. The summed E-state index contributed by atoms with van der Waals surface area (Å²) >= 11 is 1.84. The second kappa shape index (κ2) is 3.55. The Hall–Kier alpha value is -0.553. The van der Waals surface area contributed by atoms with Crippen molar-refractivity contribution in [3.8, 4) is 0 Å². The molecule has 2 heterocycles. The second-order valence-electron chi connectivity index (χ2n) is 4.36. The summed E-state index contributed by atoms with van der Waals surface area (Å²) in [7, 11) is -1.33. The van der Waals surface area contributed by atoms with E-state index in [0.29, 0.717) is 0 Å². The summed E-state index contributed by atoms with van der Waals surface area (Å²) in [5.74, 6) is 1.12. The summed E-state index contributed by atoms with van der Waals surface area (Å²) in [5.41, 5.74) is 1.21. The maximum atomic E-state index is 4.49. The lowest BCUT2D eigenvalue weighted by Gasteiger charge is -2.20. The Labute approximate surface area is 89.7 Å². The predicted octanol–water partition coefficient (Wildman–Crippen LogP) is 2.06. The number of imidazole rings is 1. The first-order valence-corrected chi connectivity index (χ1v) is 9.23. The first-order chi connectivity index (χ1) is 6.59. The van der Waals surface area contributed by atoms with E-state index in [1.165, 1.54) is 10.7 Å². The molecule has 3 nitrogen and oxygen atoms in total. The van der Waals surface area contributed by atoms with Crippen molar-refractivity contribution in [2.45, 2.75) is 19.6 Å². The zero-order valence-electron chi connectivity index (χ0n) is 8.82. The molecule has 0 unspecified atom stereocenters. The van der Waals surface area contributed by atoms with Gasteiger partial charge in [-0.1, -0.05) is 19.6 Å². The van der Waals surface area contributed by atoms with Gasteiger partial charge in [-0.2, -0.15) is 0 Å². The Morgan fingerprint density at radius 3 is 2.79 bits per heavy atom.